The zero-order valence-corrected chi connectivity index (χ0v) is 16.5. The van der Waals surface area contributed by atoms with Gasteiger partial charge in [-0.15, -0.1) is 10.2 Å². The van der Waals surface area contributed by atoms with E-state index in [2.05, 4.69) is 15.2 Å². The topological polar surface area (TPSA) is 159 Å². The van der Waals surface area contributed by atoms with Gasteiger partial charge in [-0.2, -0.15) is 12.7 Å². The summed E-state index contributed by atoms with van der Waals surface area (Å²) in [6, 6.07) is 7.35. The summed E-state index contributed by atoms with van der Waals surface area (Å²) < 4.78 is 32.8. The predicted molar refractivity (Wildman–Crippen MR) is 105 cm³/mol. The lowest BCUT2D eigenvalue weighted by Gasteiger charge is -2.17. The fraction of sp³-hybridized carbons (Fsp3) is 0.353. The van der Waals surface area contributed by atoms with Crippen LogP contribution >= 0.6 is 0 Å². The Bertz CT molecular complexity index is 978. The molecule has 1 aromatic carbocycles. The minimum atomic E-state index is -4.22. The second kappa shape index (κ2) is 10.0. The molecule has 0 aliphatic rings. The van der Waals surface area contributed by atoms with Crippen LogP contribution in [0.15, 0.2) is 46.8 Å². The zero-order chi connectivity index (χ0) is 21.4. The standard InChI is InChI=1S/C17H21N5O6S/c1-2-9-21(29(26,27)28)10-3-4-13-5-7-15(16(23)11-13)19-20-17-8-6-14(12-18-17)22(24)25/h5-8,11-12,23H,2-4,9-10H2,1H3,(H,26,27,28). The SMILES string of the molecule is CCCN(CCCc1ccc(N=Nc2ccc([N+](=O)[O-])cn2)c(O)c1)S(=O)(=O)O. The van der Waals surface area contributed by atoms with Crippen LogP contribution < -0.4 is 0 Å². The summed E-state index contributed by atoms with van der Waals surface area (Å²) >= 11 is 0. The normalized spacial score (nSPS) is 12.0. The highest BCUT2D eigenvalue weighted by Crippen LogP contribution is 2.29. The van der Waals surface area contributed by atoms with Crippen molar-refractivity contribution in [2.24, 2.45) is 10.2 Å². The van der Waals surface area contributed by atoms with Crippen molar-refractivity contribution in [3.63, 3.8) is 0 Å². The van der Waals surface area contributed by atoms with Crippen LogP contribution in [0.1, 0.15) is 25.3 Å². The molecule has 156 valence electrons. The summed E-state index contributed by atoms with van der Waals surface area (Å²) in [6.07, 6.45) is 2.60. The Balaban J connectivity index is 1.98. The minimum Gasteiger partial charge on any atom is -0.506 e. The molecule has 12 heteroatoms. The molecule has 0 fully saturated rings. The second-order valence-corrected chi connectivity index (χ2v) is 7.55. The van der Waals surface area contributed by atoms with Gasteiger partial charge in [-0.1, -0.05) is 13.0 Å². The number of phenols is 1. The van der Waals surface area contributed by atoms with E-state index < -0.39 is 15.2 Å². The maximum atomic E-state index is 11.3. The lowest BCUT2D eigenvalue weighted by molar-refractivity contribution is -0.385. The van der Waals surface area contributed by atoms with Crippen molar-refractivity contribution in [3.05, 3.63) is 52.2 Å². The third-order valence-corrected chi connectivity index (χ3v) is 4.93. The van der Waals surface area contributed by atoms with Crippen molar-refractivity contribution in [3.8, 4) is 5.75 Å². The quantitative estimate of drug-likeness (QED) is 0.256. The highest BCUT2D eigenvalue weighted by Gasteiger charge is 2.17. The van der Waals surface area contributed by atoms with E-state index in [0.29, 0.717) is 19.3 Å². The molecule has 2 rings (SSSR count). The van der Waals surface area contributed by atoms with E-state index in [1.54, 1.807) is 12.1 Å². The van der Waals surface area contributed by atoms with Crippen LogP contribution in [0, 0.1) is 10.1 Å². The van der Waals surface area contributed by atoms with Crippen LogP contribution in [-0.2, 0) is 16.7 Å². The Hall–Kier alpha value is -2.96. The van der Waals surface area contributed by atoms with Gasteiger partial charge in [0.2, 0.25) is 0 Å². The predicted octanol–water partition coefficient (Wildman–Crippen LogP) is 3.56. The van der Waals surface area contributed by atoms with E-state index in [4.69, 9.17) is 0 Å². The van der Waals surface area contributed by atoms with Crippen LogP contribution in [0.25, 0.3) is 0 Å². The van der Waals surface area contributed by atoms with E-state index in [9.17, 15) is 28.2 Å². The Morgan fingerprint density at radius 1 is 1.21 bits per heavy atom. The number of pyridine rings is 1. The van der Waals surface area contributed by atoms with E-state index >= 15 is 0 Å². The molecule has 1 heterocycles. The van der Waals surface area contributed by atoms with Crippen LogP contribution in [0.4, 0.5) is 17.2 Å². The van der Waals surface area contributed by atoms with Crippen molar-refractivity contribution in [1.29, 1.82) is 0 Å². The summed E-state index contributed by atoms with van der Waals surface area (Å²) in [7, 11) is -4.22. The molecule has 0 radical (unpaired) electrons. The molecule has 0 spiro atoms. The van der Waals surface area contributed by atoms with Gasteiger partial charge in [0.05, 0.1) is 4.92 Å². The highest BCUT2D eigenvalue weighted by molar-refractivity contribution is 7.83. The summed E-state index contributed by atoms with van der Waals surface area (Å²) in [5, 5.41) is 28.4. The number of nitrogens with zero attached hydrogens (tertiary/aromatic N) is 5. The van der Waals surface area contributed by atoms with Crippen molar-refractivity contribution < 1.29 is 23.0 Å². The third kappa shape index (κ3) is 6.85. The number of rotatable bonds is 10. The van der Waals surface area contributed by atoms with Crippen LogP contribution in [-0.4, -0.2) is 45.4 Å². The number of azo groups is 1. The van der Waals surface area contributed by atoms with Gasteiger partial charge < -0.3 is 5.11 Å². The van der Waals surface area contributed by atoms with Crippen LogP contribution in [0.2, 0.25) is 0 Å². The van der Waals surface area contributed by atoms with Crippen molar-refractivity contribution in [2.75, 3.05) is 13.1 Å². The van der Waals surface area contributed by atoms with Gasteiger partial charge in [-0.05, 0) is 43.0 Å². The first kappa shape index (κ1) is 22.3. The van der Waals surface area contributed by atoms with E-state index in [1.807, 2.05) is 6.92 Å². The van der Waals surface area contributed by atoms with Gasteiger partial charge in [-0.25, -0.2) is 4.98 Å². The van der Waals surface area contributed by atoms with E-state index in [1.165, 1.54) is 18.2 Å². The molecule has 0 aliphatic carbocycles. The largest absolute Gasteiger partial charge is 0.506 e. The zero-order valence-electron chi connectivity index (χ0n) is 15.7. The summed E-state index contributed by atoms with van der Waals surface area (Å²) in [5.74, 6) is 0.0358. The highest BCUT2D eigenvalue weighted by atomic mass is 32.2. The van der Waals surface area contributed by atoms with Crippen molar-refractivity contribution in [2.45, 2.75) is 26.2 Å². The molecule has 11 nitrogen and oxygen atoms in total. The number of phenolic OH excluding ortho intramolecular Hbond substituents is 1. The molecule has 29 heavy (non-hydrogen) atoms. The maximum absolute atomic E-state index is 11.3. The smallest absolute Gasteiger partial charge is 0.335 e. The van der Waals surface area contributed by atoms with Crippen molar-refractivity contribution >= 4 is 27.5 Å². The number of hydrogen-bond acceptors (Lipinski definition) is 8. The fourth-order valence-corrected chi connectivity index (χ4v) is 3.28. The first-order valence-corrected chi connectivity index (χ1v) is 10.2. The van der Waals surface area contributed by atoms with Gasteiger partial charge in [0.15, 0.2) is 5.82 Å². The molecule has 0 atom stereocenters. The monoisotopic (exact) mass is 423 g/mol. The fourth-order valence-electron chi connectivity index (χ4n) is 2.51. The van der Waals surface area contributed by atoms with Crippen LogP contribution in [0.3, 0.4) is 0 Å². The number of nitro groups is 1. The number of hydrogen-bond donors (Lipinski definition) is 2. The van der Waals surface area contributed by atoms with Gasteiger partial charge >= 0.3 is 10.3 Å². The molecular weight excluding hydrogens is 402 g/mol. The number of benzene rings is 1. The second-order valence-electron chi connectivity index (χ2n) is 6.14. The van der Waals surface area contributed by atoms with Crippen molar-refractivity contribution in [1.82, 2.24) is 9.29 Å². The lowest BCUT2D eigenvalue weighted by atomic mass is 10.1. The minimum absolute atomic E-state index is 0.117. The molecule has 2 aromatic rings. The summed E-state index contributed by atoms with van der Waals surface area (Å²) in [5.41, 5.74) is 0.795. The molecule has 0 unspecified atom stereocenters. The third-order valence-electron chi connectivity index (χ3n) is 3.92. The summed E-state index contributed by atoms with van der Waals surface area (Å²) in [4.78, 5) is 13.8. The number of aromatic hydroxyl groups is 1. The van der Waals surface area contributed by atoms with Gasteiger partial charge in [0, 0.05) is 19.2 Å². The summed E-state index contributed by atoms with van der Waals surface area (Å²) in [6.45, 7) is 2.22. The molecule has 0 saturated heterocycles. The Labute approximate surface area is 167 Å². The number of aromatic nitrogens is 1. The van der Waals surface area contributed by atoms with Gasteiger partial charge in [0.25, 0.3) is 5.69 Å². The molecule has 2 N–H and O–H groups in total. The average Bonchev–Trinajstić information content (AvgIpc) is 2.66. The molecule has 0 amide bonds. The van der Waals surface area contributed by atoms with E-state index in [0.717, 1.165) is 16.1 Å². The van der Waals surface area contributed by atoms with E-state index in [-0.39, 0.29) is 36.0 Å². The molecule has 0 aliphatic heterocycles. The Morgan fingerprint density at radius 3 is 2.52 bits per heavy atom. The first-order valence-electron chi connectivity index (χ1n) is 8.77. The average molecular weight is 423 g/mol. The maximum Gasteiger partial charge on any atom is 0.335 e. The van der Waals surface area contributed by atoms with Gasteiger partial charge in [0.1, 0.15) is 17.6 Å². The molecular formula is C17H21N5O6S. The first-order chi connectivity index (χ1) is 13.7. The molecule has 1 aromatic heterocycles. The van der Waals surface area contributed by atoms with Gasteiger partial charge in [-0.3, -0.25) is 14.7 Å². The molecule has 0 saturated carbocycles. The Kier molecular flexibility index (Phi) is 7.70. The molecule has 0 bridgehead atoms. The number of aryl methyl sites for hydroxylation is 1. The Morgan fingerprint density at radius 2 is 1.97 bits per heavy atom. The van der Waals surface area contributed by atoms with Crippen LogP contribution in [0.5, 0.6) is 5.75 Å². The lowest BCUT2D eigenvalue weighted by Crippen LogP contribution is -2.32.